The van der Waals surface area contributed by atoms with Crippen molar-refractivity contribution in [3.8, 4) is 0 Å². The zero-order chi connectivity index (χ0) is 10.1. The van der Waals surface area contributed by atoms with E-state index < -0.39 is 0 Å². The first-order valence-corrected chi connectivity index (χ1v) is 6.84. The quantitative estimate of drug-likeness (QED) is 0.767. The van der Waals surface area contributed by atoms with E-state index in [1.807, 2.05) is 11.3 Å². The molecule has 2 nitrogen and oxygen atoms in total. The lowest BCUT2D eigenvalue weighted by molar-refractivity contribution is 0.0852. The van der Waals surface area contributed by atoms with Crippen molar-refractivity contribution in [3.05, 3.63) is 16.1 Å². The van der Waals surface area contributed by atoms with Gasteiger partial charge in [0.05, 0.1) is 10.7 Å². The molecule has 0 spiro atoms. The summed E-state index contributed by atoms with van der Waals surface area (Å²) >= 11 is 1.87. The zero-order valence-electron chi connectivity index (χ0n) is 8.95. The molecular formula is C12H17NOS. The van der Waals surface area contributed by atoms with Crippen molar-refractivity contribution in [2.75, 3.05) is 13.2 Å². The van der Waals surface area contributed by atoms with E-state index in [0.717, 1.165) is 32.0 Å². The monoisotopic (exact) mass is 223 g/mol. The Hall–Kier alpha value is -0.410. The third-order valence-electron chi connectivity index (χ3n) is 3.63. The predicted molar refractivity (Wildman–Crippen MR) is 61.5 cm³/mol. The Labute approximate surface area is 94.7 Å². The molecule has 1 aromatic heterocycles. The maximum Gasteiger partial charge on any atom is 0.0961 e. The van der Waals surface area contributed by atoms with E-state index in [2.05, 4.69) is 5.38 Å². The van der Waals surface area contributed by atoms with Crippen molar-refractivity contribution < 1.29 is 4.74 Å². The van der Waals surface area contributed by atoms with Gasteiger partial charge in [0, 0.05) is 30.4 Å². The maximum absolute atomic E-state index is 5.38. The number of thiazole rings is 1. The molecule has 1 saturated carbocycles. The molecule has 15 heavy (non-hydrogen) atoms. The summed E-state index contributed by atoms with van der Waals surface area (Å²) in [6, 6.07) is 0. The molecule has 0 amide bonds. The Balaban J connectivity index is 1.71. The van der Waals surface area contributed by atoms with Gasteiger partial charge in [-0.15, -0.1) is 11.3 Å². The first kappa shape index (κ1) is 9.79. The van der Waals surface area contributed by atoms with E-state index in [1.165, 1.54) is 30.0 Å². The summed E-state index contributed by atoms with van der Waals surface area (Å²) < 4.78 is 5.38. The standard InChI is InChI=1S/C12H17NOS/c1-2-9(3-1)11-8-15-12(13-11)10-4-6-14-7-5-10/h8-10H,1-7H2. The van der Waals surface area contributed by atoms with E-state index in [0.29, 0.717) is 5.92 Å². The molecule has 82 valence electrons. The summed E-state index contributed by atoms with van der Waals surface area (Å²) in [4.78, 5) is 4.82. The summed E-state index contributed by atoms with van der Waals surface area (Å²) in [5, 5.41) is 3.65. The molecular weight excluding hydrogens is 206 g/mol. The number of nitrogens with zero attached hydrogens (tertiary/aromatic N) is 1. The van der Waals surface area contributed by atoms with Crippen LogP contribution in [0.4, 0.5) is 0 Å². The Morgan fingerprint density at radius 3 is 2.60 bits per heavy atom. The van der Waals surface area contributed by atoms with Crippen molar-refractivity contribution in [1.29, 1.82) is 0 Å². The van der Waals surface area contributed by atoms with Crippen LogP contribution >= 0.6 is 11.3 Å². The highest BCUT2D eigenvalue weighted by Gasteiger charge is 2.24. The van der Waals surface area contributed by atoms with Crippen LogP contribution in [0.2, 0.25) is 0 Å². The van der Waals surface area contributed by atoms with Gasteiger partial charge < -0.3 is 4.74 Å². The summed E-state index contributed by atoms with van der Waals surface area (Å²) in [6.45, 7) is 1.84. The van der Waals surface area contributed by atoms with Gasteiger partial charge in [-0.1, -0.05) is 6.42 Å². The summed E-state index contributed by atoms with van der Waals surface area (Å²) in [5.41, 5.74) is 1.37. The second-order valence-electron chi connectivity index (χ2n) is 4.63. The lowest BCUT2D eigenvalue weighted by Crippen LogP contribution is -2.14. The van der Waals surface area contributed by atoms with Crippen molar-refractivity contribution in [1.82, 2.24) is 4.98 Å². The Kier molecular flexibility index (Phi) is 2.76. The number of rotatable bonds is 2. The fraction of sp³-hybridized carbons (Fsp3) is 0.750. The second-order valence-corrected chi connectivity index (χ2v) is 5.51. The van der Waals surface area contributed by atoms with E-state index in [9.17, 15) is 0 Å². The number of hydrogen-bond donors (Lipinski definition) is 0. The van der Waals surface area contributed by atoms with Gasteiger partial charge in [0.2, 0.25) is 0 Å². The zero-order valence-corrected chi connectivity index (χ0v) is 9.76. The number of aromatic nitrogens is 1. The average Bonchev–Trinajstić information content (AvgIpc) is 2.66. The molecule has 1 aromatic rings. The van der Waals surface area contributed by atoms with Crippen molar-refractivity contribution in [2.45, 2.75) is 43.9 Å². The third-order valence-corrected chi connectivity index (χ3v) is 4.66. The Morgan fingerprint density at radius 1 is 1.13 bits per heavy atom. The van der Waals surface area contributed by atoms with Gasteiger partial charge in [0.15, 0.2) is 0 Å². The molecule has 1 aliphatic heterocycles. The highest BCUT2D eigenvalue weighted by atomic mass is 32.1. The van der Waals surface area contributed by atoms with Crippen molar-refractivity contribution >= 4 is 11.3 Å². The Bertz CT molecular complexity index is 326. The van der Waals surface area contributed by atoms with Gasteiger partial charge in [-0.05, 0) is 25.7 Å². The minimum absolute atomic E-state index is 0.678. The molecule has 2 aliphatic rings. The van der Waals surface area contributed by atoms with Gasteiger partial charge >= 0.3 is 0 Å². The highest BCUT2D eigenvalue weighted by molar-refractivity contribution is 7.09. The van der Waals surface area contributed by atoms with Crippen LogP contribution in [0.5, 0.6) is 0 Å². The summed E-state index contributed by atoms with van der Waals surface area (Å²) in [7, 11) is 0. The molecule has 2 heterocycles. The molecule has 0 N–H and O–H groups in total. The lowest BCUT2D eigenvalue weighted by atomic mass is 9.83. The van der Waals surface area contributed by atoms with Crippen molar-refractivity contribution in [3.63, 3.8) is 0 Å². The molecule has 2 fully saturated rings. The van der Waals surface area contributed by atoms with Gasteiger partial charge in [0.25, 0.3) is 0 Å². The molecule has 0 unspecified atom stereocenters. The summed E-state index contributed by atoms with van der Waals surface area (Å²) in [6.07, 6.45) is 6.44. The molecule has 0 atom stereocenters. The van der Waals surface area contributed by atoms with E-state index in [1.54, 1.807) is 0 Å². The average molecular weight is 223 g/mol. The van der Waals surface area contributed by atoms with Crippen LogP contribution in [-0.4, -0.2) is 18.2 Å². The normalized spacial score (nSPS) is 24.0. The van der Waals surface area contributed by atoms with Crippen LogP contribution < -0.4 is 0 Å². The van der Waals surface area contributed by atoms with Crippen molar-refractivity contribution in [2.24, 2.45) is 0 Å². The van der Waals surface area contributed by atoms with Gasteiger partial charge in [-0.25, -0.2) is 4.98 Å². The molecule has 0 bridgehead atoms. The van der Waals surface area contributed by atoms with Gasteiger partial charge in [0.1, 0.15) is 0 Å². The second kappa shape index (κ2) is 4.22. The Morgan fingerprint density at radius 2 is 1.93 bits per heavy atom. The fourth-order valence-corrected chi connectivity index (χ4v) is 3.40. The lowest BCUT2D eigenvalue weighted by Gasteiger charge is -2.23. The third kappa shape index (κ3) is 1.95. The van der Waals surface area contributed by atoms with Crippen LogP contribution in [0.1, 0.15) is 54.6 Å². The van der Waals surface area contributed by atoms with Crippen LogP contribution in [0.15, 0.2) is 5.38 Å². The number of ether oxygens (including phenoxy) is 1. The first-order valence-electron chi connectivity index (χ1n) is 5.96. The molecule has 0 radical (unpaired) electrons. The summed E-state index contributed by atoms with van der Waals surface area (Å²) in [5.74, 6) is 1.47. The van der Waals surface area contributed by atoms with Crippen LogP contribution in [0, 0.1) is 0 Å². The maximum atomic E-state index is 5.38. The van der Waals surface area contributed by atoms with Gasteiger partial charge in [-0.3, -0.25) is 0 Å². The smallest absolute Gasteiger partial charge is 0.0961 e. The minimum atomic E-state index is 0.678. The van der Waals surface area contributed by atoms with E-state index in [-0.39, 0.29) is 0 Å². The topological polar surface area (TPSA) is 22.1 Å². The molecule has 3 heteroatoms. The molecule has 3 rings (SSSR count). The van der Waals surface area contributed by atoms with Crippen LogP contribution in [0.25, 0.3) is 0 Å². The predicted octanol–water partition coefficient (Wildman–Crippen LogP) is 3.30. The fourth-order valence-electron chi connectivity index (χ4n) is 2.32. The first-order chi connectivity index (χ1) is 7.43. The number of hydrogen-bond acceptors (Lipinski definition) is 3. The molecule has 1 aliphatic carbocycles. The molecule has 0 aromatic carbocycles. The largest absolute Gasteiger partial charge is 0.381 e. The van der Waals surface area contributed by atoms with E-state index >= 15 is 0 Å². The minimum Gasteiger partial charge on any atom is -0.381 e. The van der Waals surface area contributed by atoms with Crippen LogP contribution in [0.3, 0.4) is 0 Å². The SMILES string of the molecule is c1sc(C2CCOCC2)nc1C1CCC1. The highest BCUT2D eigenvalue weighted by Crippen LogP contribution is 2.38. The van der Waals surface area contributed by atoms with Crippen LogP contribution in [-0.2, 0) is 4.74 Å². The van der Waals surface area contributed by atoms with Gasteiger partial charge in [-0.2, -0.15) is 0 Å². The molecule has 1 saturated heterocycles. The van der Waals surface area contributed by atoms with E-state index in [4.69, 9.17) is 9.72 Å².